The molecular formula is C21H21ClFN3O2. The van der Waals surface area contributed by atoms with E-state index in [-0.39, 0.29) is 28.5 Å². The van der Waals surface area contributed by atoms with Crippen molar-refractivity contribution in [1.29, 1.82) is 0 Å². The van der Waals surface area contributed by atoms with Gasteiger partial charge in [0.25, 0.3) is 5.91 Å². The minimum Gasteiger partial charge on any atom is -0.496 e. The molecule has 7 heteroatoms. The maximum atomic E-state index is 13.2. The standard InChI is InChI=1S/C21H21ClFN3O2/c1-12-5-10-18(28-4)17(11-12)13(2)24-21(27)19-14(3)25-26(20(19)22)16-8-6-15(23)7-9-16/h5-11,13H,1-4H3,(H,24,27). The smallest absolute Gasteiger partial charge is 0.256 e. The molecule has 1 amide bonds. The number of rotatable bonds is 5. The van der Waals surface area contributed by atoms with E-state index in [0.29, 0.717) is 17.1 Å². The molecule has 3 rings (SSSR count). The van der Waals surface area contributed by atoms with Gasteiger partial charge in [-0.05, 0) is 51.1 Å². The molecule has 0 aliphatic rings. The predicted molar refractivity (Wildman–Crippen MR) is 107 cm³/mol. The number of benzene rings is 2. The molecule has 1 aromatic heterocycles. The molecule has 1 atom stereocenters. The lowest BCUT2D eigenvalue weighted by atomic mass is 10.0. The fourth-order valence-corrected chi connectivity index (χ4v) is 3.41. The summed E-state index contributed by atoms with van der Waals surface area (Å²) >= 11 is 6.43. The van der Waals surface area contributed by atoms with E-state index in [1.54, 1.807) is 26.2 Å². The monoisotopic (exact) mass is 401 g/mol. The molecular weight excluding hydrogens is 381 g/mol. The molecule has 2 aromatic carbocycles. The van der Waals surface area contributed by atoms with E-state index < -0.39 is 0 Å². The molecule has 3 aromatic rings. The third-order valence-electron chi connectivity index (χ3n) is 4.50. The minimum atomic E-state index is -0.359. The number of halogens is 2. The van der Waals surface area contributed by atoms with Gasteiger partial charge in [0.2, 0.25) is 0 Å². The van der Waals surface area contributed by atoms with E-state index >= 15 is 0 Å². The second-order valence-corrected chi connectivity index (χ2v) is 6.94. The molecule has 0 aliphatic heterocycles. The molecule has 0 spiro atoms. The molecule has 0 bridgehead atoms. The highest BCUT2D eigenvalue weighted by Crippen LogP contribution is 2.28. The first-order valence-electron chi connectivity index (χ1n) is 8.78. The number of carbonyl (C=O) groups is 1. The van der Waals surface area contributed by atoms with E-state index in [0.717, 1.165) is 11.1 Å². The zero-order chi connectivity index (χ0) is 20.4. The van der Waals surface area contributed by atoms with Gasteiger partial charge in [-0.25, -0.2) is 9.07 Å². The van der Waals surface area contributed by atoms with Gasteiger partial charge in [0.15, 0.2) is 0 Å². The third kappa shape index (κ3) is 3.87. The highest BCUT2D eigenvalue weighted by atomic mass is 35.5. The largest absolute Gasteiger partial charge is 0.496 e. The van der Waals surface area contributed by atoms with Crippen LogP contribution in [0.25, 0.3) is 5.69 Å². The molecule has 0 fully saturated rings. The summed E-state index contributed by atoms with van der Waals surface area (Å²) in [6.07, 6.45) is 0. The van der Waals surface area contributed by atoms with Gasteiger partial charge in [-0.15, -0.1) is 0 Å². The van der Waals surface area contributed by atoms with Crippen molar-refractivity contribution in [3.8, 4) is 11.4 Å². The molecule has 5 nitrogen and oxygen atoms in total. The quantitative estimate of drug-likeness (QED) is 0.669. The molecule has 28 heavy (non-hydrogen) atoms. The van der Waals surface area contributed by atoms with E-state index in [1.165, 1.54) is 16.8 Å². The Kier molecular flexibility index (Phi) is 5.70. The van der Waals surface area contributed by atoms with E-state index in [1.807, 2.05) is 32.0 Å². The summed E-state index contributed by atoms with van der Waals surface area (Å²) in [6, 6.07) is 11.2. The van der Waals surface area contributed by atoms with E-state index in [2.05, 4.69) is 10.4 Å². The summed E-state index contributed by atoms with van der Waals surface area (Å²) in [4.78, 5) is 12.9. The van der Waals surface area contributed by atoms with Crippen LogP contribution in [0.2, 0.25) is 5.15 Å². The van der Waals surface area contributed by atoms with Crippen LogP contribution >= 0.6 is 11.6 Å². The minimum absolute atomic E-state index is 0.171. The molecule has 1 heterocycles. The van der Waals surface area contributed by atoms with Crippen LogP contribution in [0.5, 0.6) is 5.75 Å². The highest BCUT2D eigenvalue weighted by molar-refractivity contribution is 6.33. The Morgan fingerprint density at radius 2 is 1.89 bits per heavy atom. The van der Waals surface area contributed by atoms with Gasteiger partial charge >= 0.3 is 0 Å². The Bertz CT molecular complexity index is 1020. The topological polar surface area (TPSA) is 56.1 Å². The van der Waals surface area contributed by atoms with Crippen LogP contribution in [-0.2, 0) is 0 Å². The predicted octanol–water partition coefficient (Wildman–Crippen LogP) is 4.78. The molecule has 1 N–H and O–H groups in total. The summed E-state index contributed by atoms with van der Waals surface area (Å²) in [7, 11) is 1.59. The lowest BCUT2D eigenvalue weighted by Crippen LogP contribution is -2.27. The Balaban J connectivity index is 1.89. The Hall–Kier alpha value is -2.86. The number of aryl methyl sites for hydroxylation is 2. The highest BCUT2D eigenvalue weighted by Gasteiger charge is 2.23. The number of methoxy groups -OCH3 is 1. The molecule has 0 radical (unpaired) electrons. The molecule has 146 valence electrons. The van der Waals surface area contributed by atoms with Crippen molar-refractivity contribution in [1.82, 2.24) is 15.1 Å². The number of nitrogens with zero attached hydrogens (tertiary/aromatic N) is 2. The van der Waals surface area contributed by atoms with Crippen LogP contribution in [0.1, 0.15) is 40.1 Å². The second-order valence-electron chi connectivity index (χ2n) is 6.58. The first-order valence-corrected chi connectivity index (χ1v) is 9.16. The number of amides is 1. The van der Waals surface area contributed by atoms with Crippen molar-refractivity contribution < 1.29 is 13.9 Å². The van der Waals surface area contributed by atoms with E-state index in [4.69, 9.17) is 16.3 Å². The van der Waals surface area contributed by atoms with Gasteiger partial charge in [0, 0.05) is 5.56 Å². The summed E-state index contributed by atoms with van der Waals surface area (Å²) < 4.78 is 20.0. The van der Waals surface area contributed by atoms with Gasteiger partial charge in [-0.3, -0.25) is 4.79 Å². The average molecular weight is 402 g/mol. The van der Waals surface area contributed by atoms with Crippen molar-refractivity contribution in [2.24, 2.45) is 0 Å². The summed E-state index contributed by atoms with van der Waals surface area (Å²) in [5, 5.41) is 7.46. The fraction of sp³-hybridized carbons (Fsp3) is 0.238. The maximum absolute atomic E-state index is 13.2. The molecule has 0 saturated heterocycles. The first-order chi connectivity index (χ1) is 13.3. The van der Waals surface area contributed by atoms with Gasteiger partial charge in [-0.2, -0.15) is 5.10 Å². The molecule has 0 saturated carbocycles. The van der Waals surface area contributed by atoms with Crippen molar-refractivity contribution in [2.75, 3.05) is 7.11 Å². The zero-order valence-electron chi connectivity index (χ0n) is 16.1. The van der Waals surface area contributed by atoms with Gasteiger partial charge in [-0.1, -0.05) is 29.3 Å². The fourth-order valence-electron chi connectivity index (χ4n) is 3.05. The molecule has 1 unspecified atom stereocenters. The maximum Gasteiger partial charge on any atom is 0.256 e. The SMILES string of the molecule is COc1ccc(C)cc1C(C)NC(=O)c1c(C)nn(-c2ccc(F)cc2)c1Cl. The van der Waals surface area contributed by atoms with Gasteiger partial charge in [0.05, 0.1) is 30.1 Å². The summed E-state index contributed by atoms with van der Waals surface area (Å²) in [5.74, 6) is -0.00205. The lowest BCUT2D eigenvalue weighted by Gasteiger charge is -2.18. The summed E-state index contributed by atoms with van der Waals surface area (Å²) in [5.41, 5.74) is 3.27. The number of ether oxygens (including phenoxy) is 1. The Morgan fingerprint density at radius 1 is 1.21 bits per heavy atom. The van der Waals surface area contributed by atoms with Crippen LogP contribution in [-0.4, -0.2) is 22.8 Å². The van der Waals surface area contributed by atoms with Crippen molar-refractivity contribution in [2.45, 2.75) is 26.8 Å². The third-order valence-corrected chi connectivity index (χ3v) is 4.85. The lowest BCUT2D eigenvalue weighted by molar-refractivity contribution is 0.0939. The normalized spacial score (nSPS) is 11.9. The van der Waals surface area contributed by atoms with Crippen LogP contribution in [0.4, 0.5) is 4.39 Å². The van der Waals surface area contributed by atoms with E-state index in [9.17, 15) is 9.18 Å². The van der Waals surface area contributed by atoms with Crippen LogP contribution in [0.3, 0.4) is 0 Å². The second kappa shape index (κ2) is 8.02. The number of nitrogens with one attached hydrogen (secondary N) is 1. The summed E-state index contributed by atoms with van der Waals surface area (Å²) in [6.45, 7) is 5.56. The Morgan fingerprint density at radius 3 is 2.54 bits per heavy atom. The van der Waals surface area contributed by atoms with Gasteiger partial charge in [0.1, 0.15) is 16.7 Å². The zero-order valence-corrected chi connectivity index (χ0v) is 16.8. The van der Waals surface area contributed by atoms with Crippen molar-refractivity contribution in [3.05, 3.63) is 75.8 Å². The number of carbonyl (C=O) groups excluding carboxylic acids is 1. The average Bonchev–Trinajstić information content (AvgIpc) is 2.96. The van der Waals surface area contributed by atoms with Gasteiger partial charge < -0.3 is 10.1 Å². The van der Waals surface area contributed by atoms with Crippen LogP contribution in [0, 0.1) is 19.7 Å². The van der Waals surface area contributed by atoms with Crippen LogP contribution < -0.4 is 10.1 Å². The van der Waals surface area contributed by atoms with Crippen molar-refractivity contribution in [3.63, 3.8) is 0 Å². The van der Waals surface area contributed by atoms with Crippen LogP contribution in [0.15, 0.2) is 42.5 Å². The first kappa shape index (κ1) is 19.9. The number of hydrogen-bond acceptors (Lipinski definition) is 3. The Labute approximate surface area is 168 Å². The van der Waals surface area contributed by atoms with Crippen molar-refractivity contribution >= 4 is 17.5 Å². The molecule has 0 aliphatic carbocycles. The number of hydrogen-bond donors (Lipinski definition) is 1. The number of aromatic nitrogens is 2.